The molecule has 0 aromatic heterocycles. The van der Waals surface area contributed by atoms with Crippen molar-refractivity contribution in [1.82, 2.24) is 4.90 Å². The van der Waals surface area contributed by atoms with Crippen LogP contribution in [0.25, 0.3) is 0 Å². The van der Waals surface area contributed by atoms with Crippen molar-refractivity contribution in [2.45, 2.75) is 39.5 Å². The van der Waals surface area contributed by atoms with Gasteiger partial charge in [0.05, 0.1) is 0 Å². The molecule has 1 fully saturated rings. The van der Waals surface area contributed by atoms with Crippen LogP contribution in [-0.4, -0.2) is 18.0 Å². The summed E-state index contributed by atoms with van der Waals surface area (Å²) < 4.78 is 0. The van der Waals surface area contributed by atoms with E-state index in [0.29, 0.717) is 0 Å². The fraction of sp³-hybridized carbons (Fsp3) is 0.889. The third-order valence-electron chi connectivity index (χ3n) is 2.37. The summed E-state index contributed by atoms with van der Waals surface area (Å²) in [5.74, 6) is 0. The summed E-state index contributed by atoms with van der Waals surface area (Å²) in [4.78, 5) is 2.56. The number of hydrogen-bond donors (Lipinski definition) is 0. The van der Waals surface area contributed by atoms with Crippen molar-refractivity contribution in [3.8, 4) is 0 Å². The molecular formula is C9H18N. The highest BCUT2D eigenvalue weighted by atomic mass is 15.2. The zero-order valence-electron chi connectivity index (χ0n) is 7.19. The second kappa shape index (κ2) is 3.97. The molecule has 1 radical (unpaired) electrons. The average molecular weight is 140 g/mol. The monoisotopic (exact) mass is 140 g/mol. The van der Waals surface area contributed by atoms with Crippen LogP contribution in [0.15, 0.2) is 0 Å². The molecule has 10 heavy (non-hydrogen) atoms. The number of likely N-dealkylation sites (tertiary alicyclic amines) is 1. The molecule has 0 saturated carbocycles. The van der Waals surface area contributed by atoms with Gasteiger partial charge in [0.25, 0.3) is 0 Å². The van der Waals surface area contributed by atoms with Gasteiger partial charge < -0.3 is 0 Å². The third kappa shape index (κ3) is 1.72. The molecule has 1 aliphatic heterocycles. The van der Waals surface area contributed by atoms with Gasteiger partial charge in [-0.2, -0.15) is 0 Å². The maximum Gasteiger partial charge on any atom is 0.0387 e. The molecule has 0 atom stereocenters. The van der Waals surface area contributed by atoms with Gasteiger partial charge in [-0.3, -0.25) is 4.90 Å². The first-order valence-electron chi connectivity index (χ1n) is 4.48. The molecule has 0 bridgehead atoms. The van der Waals surface area contributed by atoms with E-state index in [1.54, 1.807) is 6.04 Å². The molecule has 1 aliphatic rings. The molecule has 0 aromatic rings. The van der Waals surface area contributed by atoms with E-state index in [0.717, 1.165) is 0 Å². The Labute approximate surface area is 64.4 Å². The first-order chi connectivity index (χ1) is 4.88. The lowest BCUT2D eigenvalue weighted by atomic mass is 10.1. The maximum atomic E-state index is 2.56. The van der Waals surface area contributed by atoms with Crippen molar-refractivity contribution in [2.24, 2.45) is 0 Å². The van der Waals surface area contributed by atoms with Crippen molar-refractivity contribution in [3.63, 3.8) is 0 Å². The summed E-state index contributed by atoms with van der Waals surface area (Å²) in [5.41, 5.74) is 0. The van der Waals surface area contributed by atoms with Gasteiger partial charge in [-0.25, -0.2) is 0 Å². The lowest BCUT2D eigenvalue weighted by Crippen LogP contribution is -2.24. The highest BCUT2D eigenvalue weighted by Gasteiger charge is 2.18. The summed E-state index contributed by atoms with van der Waals surface area (Å²) in [6, 6.07) is 1.65. The molecule has 1 heteroatoms. The third-order valence-corrected chi connectivity index (χ3v) is 2.37. The largest absolute Gasteiger partial charge is 0.296 e. The van der Waals surface area contributed by atoms with Crippen LogP contribution >= 0.6 is 0 Å². The SMILES string of the molecule is CC[C](CC)N1CCCC1. The van der Waals surface area contributed by atoms with Crippen LogP contribution in [0.3, 0.4) is 0 Å². The quantitative estimate of drug-likeness (QED) is 0.582. The first kappa shape index (κ1) is 8.06. The van der Waals surface area contributed by atoms with Crippen LogP contribution in [0.1, 0.15) is 39.5 Å². The van der Waals surface area contributed by atoms with E-state index < -0.39 is 0 Å². The summed E-state index contributed by atoms with van der Waals surface area (Å²) in [6.45, 7) is 7.16. The number of hydrogen-bond acceptors (Lipinski definition) is 1. The Balaban J connectivity index is 2.29. The van der Waals surface area contributed by atoms with E-state index >= 15 is 0 Å². The lowest BCUT2D eigenvalue weighted by Gasteiger charge is -2.23. The van der Waals surface area contributed by atoms with Crippen molar-refractivity contribution >= 4 is 0 Å². The predicted molar refractivity (Wildman–Crippen MR) is 44.6 cm³/mol. The molecule has 0 unspecified atom stereocenters. The van der Waals surface area contributed by atoms with Crippen LogP contribution < -0.4 is 0 Å². The first-order valence-corrected chi connectivity index (χ1v) is 4.48. The predicted octanol–water partition coefficient (Wildman–Crippen LogP) is 2.43. The van der Waals surface area contributed by atoms with Crippen LogP contribution in [0.5, 0.6) is 0 Å². The minimum atomic E-state index is 1.25. The van der Waals surface area contributed by atoms with Crippen LogP contribution in [0.2, 0.25) is 0 Å². The molecule has 1 heterocycles. The second-order valence-corrected chi connectivity index (χ2v) is 2.97. The minimum absolute atomic E-state index is 1.25. The van der Waals surface area contributed by atoms with Gasteiger partial charge in [-0.1, -0.05) is 13.8 Å². The van der Waals surface area contributed by atoms with Gasteiger partial charge in [-0.15, -0.1) is 0 Å². The highest BCUT2D eigenvalue weighted by molar-refractivity contribution is 4.89. The number of rotatable bonds is 3. The number of nitrogens with zero attached hydrogens (tertiary/aromatic N) is 1. The maximum absolute atomic E-state index is 2.56. The molecular weight excluding hydrogens is 122 g/mol. The summed E-state index contributed by atoms with van der Waals surface area (Å²) in [5, 5.41) is 0. The standard InChI is InChI=1S/C9H18N/c1-3-9(4-2)10-7-5-6-8-10/h3-8H2,1-2H3. The fourth-order valence-corrected chi connectivity index (χ4v) is 1.73. The van der Waals surface area contributed by atoms with Gasteiger partial charge in [0.2, 0.25) is 0 Å². The van der Waals surface area contributed by atoms with E-state index in [9.17, 15) is 0 Å². The summed E-state index contributed by atoms with van der Waals surface area (Å²) in [7, 11) is 0. The summed E-state index contributed by atoms with van der Waals surface area (Å²) >= 11 is 0. The van der Waals surface area contributed by atoms with E-state index in [4.69, 9.17) is 0 Å². The van der Waals surface area contributed by atoms with Crippen molar-refractivity contribution < 1.29 is 0 Å². The highest BCUT2D eigenvalue weighted by Crippen LogP contribution is 2.21. The molecule has 0 aromatic carbocycles. The Morgan fingerprint density at radius 3 is 2.00 bits per heavy atom. The van der Waals surface area contributed by atoms with Crippen LogP contribution in [-0.2, 0) is 0 Å². The zero-order valence-corrected chi connectivity index (χ0v) is 7.19. The summed E-state index contributed by atoms with van der Waals surface area (Å²) in [6.07, 6.45) is 5.31. The van der Waals surface area contributed by atoms with Gasteiger partial charge in [-0.05, 0) is 38.8 Å². The van der Waals surface area contributed by atoms with Crippen molar-refractivity contribution in [1.29, 1.82) is 0 Å². The van der Waals surface area contributed by atoms with Crippen LogP contribution in [0.4, 0.5) is 0 Å². The van der Waals surface area contributed by atoms with Gasteiger partial charge in [0, 0.05) is 6.04 Å². The lowest BCUT2D eigenvalue weighted by molar-refractivity contribution is 0.325. The van der Waals surface area contributed by atoms with Gasteiger partial charge in [0.1, 0.15) is 0 Å². The molecule has 0 amide bonds. The van der Waals surface area contributed by atoms with E-state index in [2.05, 4.69) is 18.7 Å². The smallest absolute Gasteiger partial charge is 0.0387 e. The Hall–Kier alpha value is -0.0400. The van der Waals surface area contributed by atoms with E-state index in [1.807, 2.05) is 0 Å². The van der Waals surface area contributed by atoms with Crippen molar-refractivity contribution in [3.05, 3.63) is 6.04 Å². The topological polar surface area (TPSA) is 3.24 Å². The fourth-order valence-electron chi connectivity index (χ4n) is 1.73. The Morgan fingerprint density at radius 2 is 1.60 bits per heavy atom. The molecule has 0 N–H and O–H groups in total. The van der Waals surface area contributed by atoms with E-state index in [-0.39, 0.29) is 0 Å². The Morgan fingerprint density at radius 1 is 1.10 bits per heavy atom. The molecule has 0 aliphatic carbocycles. The molecule has 0 spiro atoms. The minimum Gasteiger partial charge on any atom is -0.296 e. The normalized spacial score (nSPS) is 20.7. The molecule has 59 valence electrons. The van der Waals surface area contributed by atoms with E-state index in [1.165, 1.54) is 38.8 Å². The van der Waals surface area contributed by atoms with Gasteiger partial charge >= 0.3 is 0 Å². The van der Waals surface area contributed by atoms with Gasteiger partial charge in [0.15, 0.2) is 0 Å². The van der Waals surface area contributed by atoms with Crippen LogP contribution in [0, 0.1) is 6.04 Å². The average Bonchev–Trinajstić information content (AvgIpc) is 2.43. The molecule has 1 saturated heterocycles. The molecule has 1 nitrogen and oxygen atoms in total. The Kier molecular flexibility index (Phi) is 3.20. The zero-order chi connectivity index (χ0) is 7.40. The second-order valence-electron chi connectivity index (χ2n) is 2.97. The van der Waals surface area contributed by atoms with Crippen molar-refractivity contribution in [2.75, 3.05) is 13.1 Å². The molecule has 1 rings (SSSR count). The Bertz CT molecular complexity index is 80.7.